The second-order valence-electron chi connectivity index (χ2n) is 5.49. The normalized spacial score (nSPS) is 26.0. The van der Waals surface area contributed by atoms with E-state index in [1.54, 1.807) is 6.20 Å². The Morgan fingerprint density at radius 3 is 2.89 bits per heavy atom. The van der Waals surface area contributed by atoms with Crippen molar-refractivity contribution in [3.63, 3.8) is 0 Å². The van der Waals surface area contributed by atoms with Crippen LogP contribution in [0, 0.1) is 11.7 Å². The number of aromatic nitrogens is 3. The number of pyridine rings is 1. The van der Waals surface area contributed by atoms with Crippen LogP contribution in [-0.4, -0.2) is 34.5 Å². The van der Waals surface area contributed by atoms with Crippen LogP contribution in [0.15, 0.2) is 12.3 Å². The Morgan fingerprint density at radius 1 is 1.53 bits per heavy atom. The van der Waals surface area contributed by atoms with E-state index >= 15 is 0 Å². The molecule has 0 radical (unpaired) electrons. The van der Waals surface area contributed by atoms with Gasteiger partial charge in [-0.05, 0) is 44.1 Å². The highest BCUT2D eigenvalue weighted by molar-refractivity contribution is 7.91. The third kappa shape index (κ3) is 2.01. The number of sulfone groups is 1. The molecule has 0 saturated carbocycles. The van der Waals surface area contributed by atoms with Gasteiger partial charge < -0.3 is 4.98 Å². The molecule has 0 bridgehead atoms. The van der Waals surface area contributed by atoms with Gasteiger partial charge in [-0.3, -0.25) is 4.57 Å². The zero-order valence-corrected chi connectivity index (χ0v) is 12.4. The van der Waals surface area contributed by atoms with Crippen LogP contribution >= 0.6 is 12.2 Å². The summed E-state index contributed by atoms with van der Waals surface area (Å²) in [4.78, 5) is 7.53. The van der Waals surface area contributed by atoms with Gasteiger partial charge in [0.1, 0.15) is 0 Å². The minimum Gasteiger partial charge on any atom is -0.329 e. The van der Waals surface area contributed by atoms with Gasteiger partial charge in [-0.25, -0.2) is 13.4 Å². The number of hydrogen-bond acceptors (Lipinski definition) is 4. The van der Waals surface area contributed by atoms with Gasteiger partial charge in [0, 0.05) is 6.20 Å². The monoisotopic (exact) mass is 297 g/mol. The Hall–Kier alpha value is -1.21. The zero-order chi connectivity index (χ0) is 13.8. The summed E-state index contributed by atoms with van der Waals surface area (Å²) in [5.74, 6) is 0.334. The lowest BCUT2D eigenvalue weighted by atomic mass is 10.0. The van der Waals surface area contributed by atoms with E-state index in [1.165, 1.54) is 0 Å². The van der Waals surface area contributed by atoms with Crippen molar-refractivity contribution < 1.29 is 8.42 Å². The molecule has 1 unspecified atom stereocenters. The predicted octanol–water partition coefficient (Wildman–Crippen LogP) is 1.94. The second-order valence-corrected chi connectivity index (χ2v) is 8.06. The van der Waals surface area contributed by atoms with E-state index in [-0.39, 0.29) is 11.5 Å². The summed E-state index contributed by atoms with van der Waals surface area (Å²) in [6.45, 7) is 3.89. The van der Waals surface area contributed by atoms with Crippen molar-refractivity contribution in [2.24, 2.45) is 0 Å². The third-order valence-electron chi connectivity index (χ3n) is 3.68. The molecule has 19 heavy (non-hydrogen) atoms. The average molecular weight is 297 g/mol. The molecule has 2 aromatic rings. The largest absolute Gasteiger partial charge is 0.329 e. The quantitative estimate of drug-likeness (QED) is 0.817. The molecule has 0 aliphatic carbocycles. The average Bonchev–Trinajstić information content (AvgIpc) is 2.75. The third-order valence-corrected chi connectivity index (χ3v) is 5.85. The summed E-state index contributed by atoms with van der Waals surface area (Å²) >= 11 is 5.35. The van der Waals surface area contributed by atoms with Crippen molar-refractivity contribution in [3.8, 4) is 0 Å². The highest BCUT2D eigenvalue weighted by Gasteiger charge is 2.41. The molecule has 5 nitrogen and oxygen atoms in total. The number of rotatable bonds is 1. The summed E-state index contributed by atoms with van der Waals surface area (Å²) in [5, 5.41) is 0. The number of H-pyrrole nitrogens is 1. The Kier molecular flexibility index (Phi) is 2.62. The van der Waals surface area contributed by atoms with Crippen molar-refractivity contribution in [2.75, 3.05) is 11.5 Å². The molecular formula is C12H15N3O2S2. The van der Waals surface area contributed by atoms with E-state index in [0.29, 0.717) is 11.2 Å². The Balaban J connectivity index is 2.26. The van der Waals surface area contributed by atoms with Crippen LogP contribution in [0.25, 0.3) is 11.2 Å². The Morgan fingerprint density at radius 2 is 2.26 bits per heavy atom. The summed E-state index contributed by atoms with van der Waals surface area (Å²) < 4.78 is 25.9. The van der Waals surface area contributed by atoms with Gasteiger partial charge >= 0.3 is 0 Å². The van der Waals surface area contributed by atoms with E-state index < -0.39 is 15.4 Å². The number of aryl methyl sites for hydroxylation is 1. The van der Waals surface area contributed by atoms with Crippen molar-refractivity contribution in [1.29, 1.82) is 0 Å². The van der Waals surface area contributed by atoms with Crippen LogP contribution in [0.4, 0.5) is 0 Å². The topological polar surface area (TPSA) is 67.8 Å². The van der Waals surface area contributed by atoms with Gasteiger partial charge in [-0.1, -0.05) is 0 Å². The van der Waals surface area contributed by atoms with Gasteiger partial charge in [0.15, 0.2) is 20.3 Å². The fourth-order valence-corrected chi connectivity index (χ4v) is 5.30. The lowest BCUT2D eigenvalue weighted by Gasteiger charge is -2.24. The Bertz CT molecular complexity index is 819. The lowest BCUT2D eigenvalue weighted by molar-refractivity contribution is 0.370. The minimum absolute atomic E-state index is 0.122. The first kappa shape index (κ1) is 12.8. The molecular weight excluding hydrogens is 282 g/mol. The van der Waals surface area contributed by atoms with Crippen LogP contribution in [0.3, 0.4) is 0 Å². The Labute approximate surface area is 116 Å². The lowest BCUT2D eigenvalue weighted by Crippen LogP contribution is -2.31. The summed E-state index contributed by atoms with van der Waals surface area (Å²) in [7, 11) is -2.98. The van der Waals surface area contributed by atoms with Crippen LogP contribution in [0.1, 0.15) is 18.9 Å². The second kappa shape index (κ2) is 3.89. The number of fused-ring (bicyclic) bond motifs is 1. The molecule has 1 atom stereocenters. The summed E-state index contributed by atoms with van der Waals surface area (Å²) in [6, 6.07) is 1.97. The van der Waals surface area contributed by atoms with Crippen molar-refractivity contribution in [1.82, 2.24) is 14.5 Å². The van der Waals surface area contributed by atoms with Crippen LogP contribution in [0.5, 0.6) is 0 Å². The van der Waals surface area contributed by atoms with Gasteiger partial charge in [0.05, 0.1) is 22.6 Å². The van der Waals surface area contributed by atoms with E-state index in [9.17, 15) is 8.42 Å². The van der Waals surface area contributed by atoms with E-state index in [0.717, 1.165) is 16.7 Å². The van der Waals surface area contributed by atoms with Crippen molar-refractivity contribution >= 4 is 33.2 Å². The van der Waals surface area contributed by atoms with Crippen molar-refractivity contribution in [3.05, 3.63) is 22.6 Å². The van der Waals surface area contributed by atoms with Gasteiger partial charge in [-0.15, -0.1) is 0 Å². The molecule has 0 spiro atoms. The van der Waals surface area contributed by atoms with Crippen LogP contribution in [0.2, 0.25) is 0 Å². The highest BCUT2D eigenvalue weighted by atomic mass is 32.2. The van der Waals surface area contributed by atoms with Gasteiger partial charge in [0.2, 0.25) is 0 Å². The number of hydrogen-bond donors (Lipinski definition) is 1. The SMILES string of the molecule is Cc1cnc2c(c1)[nH]c(=S)n2C1(C)CCS(=O)(=O)C1. The number of nitrogens with zero attached hydrogens (tertiary/aromatic N) is 2. The van der Waals surface area contributed by atoms with E-state index in [4.69, 9.17) is 12.2 Å². The predicted molar refractivity (Wildman–Crippen MR) is 76.6 cm³/mol. The molecule has 1 aliphatic rings. The standard InChI is InChI=1S/C12H15N3O2S2/c1-8-5-9-10(13-6-8)15(11(18)14-9)12(2)3-4-19(16,17)7-12/h5-6H,3-4,7H2,1-2H3,(H,14,18). The molecule has 1 aliphatic heterocycles. The van der Waals surface area contributed by atoms with Crippen molar-refractivity contribution in [2.45, 2.75) is 25.8 Å². The molecule has 7 heteroatoms. The molecule has 3 heterocycles. The molecule has 102 valence electrons. The fraction of sp³-hybridized carbons (Fsp3) is 0.500. The minimum atomic E-state index is -2.98. The number of aromatic amines is 1. The maximum atomic E-state index is 11.8. The summed E-state index contributed by atoms with van der Waals surface area (Å²) in [5.41, 5.74) is 2.13. The molecule has 0 aromatic carbocycles. The zero-order valence-electron chi connectivity index (χ0n) is 10.8. The fourth-order valence-electron chi connectivity index (χ4n) is 2.77. The molecule has 0 amide bonds. The maximum absolute atomic E-state index is 11.8. The van der Waals surface area contributed by atoms with Crippen LogP contribution < -0.4 is 0 Å². The smallest absolute Gasteiger partial charge is 0.179 e. The highest BCUT2D eigenvalue weighted by Crippen LogP contribution is 2.33. The molecule has 3 rings (SSSR count). The first-order chi connectivity index (χ1) is 8.81. The molecule has 1 N–H and O–H groups in total. The molecule has 1 saturated heterocycles. The first-order valence-corrected chi connectivity index (χ1v) is 8.32. The van der Waals surface area contributed by atoms with E-state index in [1.807, 2.05) is 24.5 Å². The first-order valence-electron chi connectivity index (χ1n) is 6.09. The number of imidazole rings is 1. The summed E-state index contributed by atoms with van der Waals surface area (Å²) in [6.07, 6.45) is 2.35. The molecule has 2 aromatic heterocycles. The molecule has 1 fully saturated rings. The van der Waals surface area contributed by atoms with Gasteiger partial charge in [-0.2, -0.15) is 0 Å². The maximum Gasteiger partial charge on any atom is 0.179 e. The van der Waals surface area contributed by atoms with Crippen LogP contribution in [-0.2, 0) is 15.4 Å². The van der Waals surface area contributed by atoms with E-state index in [2.05, 4.69) is 9.97 Å². The van der Waals surface area contributed by atoms with Gasteiger partial charge in [0.25, 0.3) is 0 Å². The number of nitrogens with one attached hydrogen (secondary N) is 1.